The summed E-state index contributed by atoms with van der Waals surface area (Å²) in [6.07, 6.45) is 1.72. The van der Waals surface area contributed by atoms with Gasteiger partial charge in [-0.3, -0.25) is 0 Å². The van der Waals surface area contributed by atoms with Crippen LogP contribution >= 0.6 is 11.6 Å². The SMILES string of the molecule is COc1cc2c(cc1S(=O)(=O)c1ccc(N3CCN(c4cccc(Cl)c4)CC3)cc1)CCN(C)CC2. The predicted molar refractivity (Wildman–Crippen MR) is 146 cm³/mol. The van der Waals surface area contributed by atoms with E-state index in [-0.39, 0.29) is 9.79 Å². The van der Waals surface area contributed by atoms with Crippen molar-refractivity contribution in [2.75, 3.05) is 63.2 Å². The fourth-order valence-corrected chi connectivity index (χ4v) is 6.71. The molecule has 2 aliphatic heterocycles. The number of halogens is 1. The second-order valence-electron chi connectivity index (χ2n) is 9.53. The molecule has 0 N–H and O–H groups in total. The van der Waals surface area contributed by atoms with Crippen LogP contribution in [0.25, 0.3) is 0 Å². The van der Waals surface area contributed by atoms with Gasteiger partial charge in [0, 0.05) is 55.7 Å². The molecule has 2 aliphatic rings. The number of hydrogen-bond donors (Lipinski definition) is 0. The predicted octanol–water partition coefficient (Wildman–Crippen LogP) is 4.54. The van der Waals surface area contributed by atoms with Crippen LogP contribution in [0.5, 0.6) is 5.75 Å². The number of rotatable bonds is 5. The molecule has 0 bridgehead atoms. The Labute approximate surface area is 219 Å². The van der Waals surface area contributed by atoms with E-state index in [1.54, 1.807) is 12.1 Å². The number of piperazine rings is 1. The largest absolute Gasteiger partial charge is 0.495 e. The van der Waals surface area contributed by atoms with Crippen LogP contribution < -0.4 is 14.5 Å². The van der Waals surface area contributed by atoms with Crippen molar-refractivity contribution < 1.29 is 13.2 Å². The lowest BCUT2D eigenvalue weighted by atomic mass is 10.0. The first-order valence-corrected chi connectivity index (χ1v) is 14.2. The zero-order valence-corrected chi connectivity index (χ0v) is 22.4. The van der Waals surface area contributed by atoms with Gasteiger partial charge in [0.1, 0.15) is 10.6 Å². The molecule has 3 aromatic rings. The summed E-state index contributed by atoms with van der Waals surface area (Å²) < 4.78 is 32.8. The Morgan fingerprint density at radius 1 is 0.778 bits per heavy atom. The summed E-state index contributed by atoms with van der Waals surface area (Å²) in [5.41, 5.74) is 4.41. The van der Waals surface area contributed by atoms with Gasteiger partial charge in [-0.25, -0.2) is 8.42 Å². The average Bonchev–Trinajstić information content (AvgIpc) is 3.09. The zero-order chi connectivity index (χ0) is 25.3. The van der Waals surface area contributed by atoms with E-state index in [2.05, 4.69) is 27.8 Å². The Morgan fingerprint density at radius 3 is 2.00 bits per heavy atom. The smallest absolute Gasteiger partial charge is 0.210 e. The molecule has 2 heterocycles. The Morgan fingerprint density at radius 2 is 1.39 bits per heavy atom. The first kappa shape index (κ1) is 24.9. The van der Waals surface area contributed by atoms with Crippen molar-refractivity contribution in [2.45, 2.75) is 22.6 Å². The van der Waals surface area contributed by atoms with E-state index < -0.39 is 9.84 Å². The first-order valence-electron chi connectivity index (χ1n) is 12.3. The highest BCUT2D eigenvalue weighted by Gasteiger charge is 2.26. The molecule has 0 aliphatic carbocycles. The van der Waals surface area contributed by atoms with E-state index in [0.717, 1.165) is 74.1 Å². The number of fused-ring (bicyclic) bond motifs is 1. The van der Waals surface area contributed by atoms with E-state index >= 15 is 0 Å². The van der Waals surface area contributed by atoms with Gasteiger partial charge in [-0.15, -0.1) is 0 Å². The summed E-state index contributed by atoms with van der Waals surface area (Å²) in [4.78, 5) is 7.42. The van der Waals surface area contributed by atoms with Crippen molar-refractivity contribution in [3.8, 4) is 5.75 Å². The Balaban J connectivity index is 1.34. The summed E-state index contributed by atoms with van der Waals surface area (Å²) >= 11 is 6.16. The number of anilines is 2. The molecular weight excluding hydrogens is 494 g/mol. The van der Waals surface area contributed by atoms with E-state index in [1.165, 1.54) is 12.7 Å². The number of methoxy groups -OCH3 is 1. The van der Waals surface area contributed by atoms with Gasteiger partial charge in [0.05, 0.1) is 12.0 Å². The molecule has 1 fully saturated rings. The number of likely N-dealkylation sites (N-methyl/N-ethyl adjacent to an activating group) is 1. The molecule has 0 atom stereocenters. The molecule has 0 radical (unpaired) electrons. The normalized spacial score (nSPS) is 17.0. The summed E-state index contributed by atoms with van der Waals surface area (Å²) in [6, 6.07) is 18.9. The minimum absolute atomic E-state index is 0.246. The number of benzene rings is 3. The van der Waals surface area contributed by atoms with Crippen LogP contribution in [0.15, 0.2) is 70.5 Å². The maximum Gasteiger partial charge on any atom is 0.210 e. The Hall–Kier alpha value is -2.74. The third-order valence-corrected chi connectivity index (χ3v) is 9.29. The van der Waals surface area contributed by atoms with Crippen LogP contribution in [0.2, 0.25) is 5.02 Å². The van der Waals surface area contributed by atoms with Crippen LogP contribution in [-0.4, -0.2) is 66.7 Å². The molecule has 3 aromatic carbocycles. The second kappa shape index (κ2) is 10.3. The van der Waals surface area contributed by atoms with Gasteiger partial charge in [0.15, 0.2) is 0 Å². The maximum absolute atomic E-state index is 13.6. The molecular formula is C28H32ClN3O3S. The van der Waals surface area contributed by atoms with E-state index in [9.17, 15) is 8.42 Å². The molecule has 0 unspecified atom stereocenters. The maximum atomic E-state index is 13.6. The van der Waals surface area contributed by atoms with E-state index in [4.69, 9.17) is 16.3 Å². The van der Waals surface area contributed by atoms with Gasteiger partial charge in [0.25, 0.3) is 0 Å². The van der Waals surface area contributed by atoms with Gasteiger partial charge in [-0.1, -0.05) is 17.7 Å². The third-order valence-electron chi connectivity index (χ3n) is 7.27. The van der Waals surface area contributed by atoms with E-state index in [0.29, 0.717) is 5.75 Å². The Kier molecular flexibility index (Phi) is 7.15. The first-order chi connectivity index (χ1) is 17.3. The van der Waals surface area contributed by atoms with Crippen molar-refractivity contribution in [1.29, 1.82) is 0 Å². The lowest BCUT2D eigenvalue weighted by Gasteiger charge is -2.37. The minimum atomic E-state index is -3.71. The fraction of sp³-hybridized carbons (Fsp3) is 0.357. The summed E-state index contributed by atoms with van der Waals surface area (Å²) in [5.74, 6) is 0.416. The average molecular weight is 526 g/mol. The van der Waals surface area contributed by atoms with Crippen molar-refractivity contribution in [2.24, 2.45) is 0 Å². The topological polar surface area (TPSA) is 53.1 Å². The van der Waals surface area contributed by atoms with Crippen LogP contribution in [0.1, 0.15) is 11.1 Å². The van der Waals surface area contributed by atoms with Crippen molar-refractivity contribution in [3.05, 3.63) is 76.8 Å². The summed E-state index contributed by atoms with van der Waals surface area (Å²) in [7, 11) is -0.0808. The number of hydrogen-bond acceptors (Lipinski definition) is 6. The molecule has 0 spiro atoms. The monoisotopic (exact) mass is 525 g/mol. The summed E-state index contributed by atoms with van der Waals surface area (Å²) in [5, 5.41) is 0.741. The highest BCUT2D eigenvalue weighted by molar-refractivity contribution is 7.91. The van der Waals surface area contributed by atoms with Crippen molar-refractivity contribution in [1.82, 2.24) is 4.90 Å². The molecule has 36 heavy (non-hydrogen) atoms. The molecule has 0 amide bonds. The van der Waals surface area contributed by atoms with Gasteiger partial charge in [-0.05, 0) is 85.6 Å². The minimum Gasteiger partial charge on any atom is -0.495 e. The molecule has 0 aromatic heterocycles. The Bertz CT molecular complexity index is 1340. The lowest BCUT2D eigenvalue weighted by Crippen LogP contribution is -2.46. The fourth-order valence-electron chi connectivity index (χ4n) is 5.07. The van der Waals surface area contributed by atoms with E-state index in [1.807, 2.05) is 42.5 Å². The molecule has 8 heteroatoms. The van der Waals surface area contributed by atoms with Crippen LogP contribution in [0.3, 0.4) is 0 Å². The quantitative estimate of drug-likeness (QED) is 0.487. The molecule has 6 nitrogen and oxygen atoms in total. The molecule has 1 saturated heterocycles. The second-order valence-corrected chi connectivity index (χ2v) is 11.9. The molecule has 0 saturated carbocycles. The van der Waals surface area contributed by atoms with Crippen molar-refractivity contribution >= 4 is 32.8 Å². The van der Waals surface area contributed by atoms with Gasteiger partial charge in [-0.2, -0.15) is 0 Å². The zero-order valence-electron chi connectivity index (χ0n) is 20.8. The number of sulfone groups is 1. The van der Waals surface area contributed by atoms with Crippen LogP contribution in [0.4, 0.5) is 11.4 Å². The molecule has 190 valence electrons. The molecule has 5 rings (SSSR count). The highest BCUT2D eigenvalue weighted by atomic mass is 35.5. The van der Waals surface area contributed by atoms with Gasteiger partial charge in [0.2, 0.25) is 9.84 Å². The number of ether oxygens (including phenoxy) is 1. The lowest BCUT2D eigenvalue weighted by molar-refractivity contribution is 0.352. The van der Waals surface area contributed by atoms with Gasteiger partial charge < -0.3 is 19.4 Å². The van der Waals surface area contributed by atoms with Crippen molar-refractivity contribution in [3.63, 3.8) is 0 Å². The standard InChI is InChI=1S/C28H32ClN3O3S/c1-30-12-10-21-18-27(35-2)28(19-22(21)11-13-30)36(33,34)26-8-6-24(7-9-26)31-14-16-32(17-15-31)25-5-3-4-23(29)20-25/h3-9,18-20H,10-17H2,1-2H3. The highest BCUT2D eigenvalue weighted by Crippen LogP contribution is 2.34. The number of nitrogens with zero attached hydrogens (tertiary/aromatic N) is 3. The summed E-state index contributed by atoms with van der Waals surface area (Å²) in [6.45, 7) is 5.33. The van der Waals surface area contributed by atoms with Crippen LogP contribution in [-0.2, 0) is 22.7 Å². The van der Waals surface area contributed by atoms with Gasteiger partial charge >= 0.3 is 0 Å². The third kappa shape index (κ3) is 5.05. The van der Waals surface area contributed by atoms with Crippen LogP contribution in [0, 0.1) is 0 Å².